The molecular weight excluding hydrogens is 178 g/mol. The lowest BCUT2D eigenvalue weighted by molar-refractivity contribution is 0.736. The quantitative estimate of drug-likeness (QED) is 0.535. The van der Waals surface area contributed by atoms with E-state index in [0.29, 0.717) is 6.54 Å². The van der Waals surface area contributed by atoms with E-state index in [9.17, 15) is 0 Å². The second kappa shape index (κ2) is 3.99. The Morgan fingerprint density at radius 1 is 1.43 bits per heavy atom. The fraction of sp³-hybridized carbons (Fsp3) is 0.111. The monoisotopic (exact) mass is 189 g/mol. The number of nitrogens with one attached hydrogen (secondary N) is 1. The highest BCUT2D eigenvalue weighted by molar-refractivity contribution is 5.24. The van der Waals surface area contributed by atoms with Crippen molar-refractivity contribution >= 4 is 0 Å². The average Bonchev–Trinajstić information content (AvgIpc) is 2.72. The van der Waals surface area contributed by atoms with Crippen LogP contribution in [0.15, 0.2) is 36.8 Å². The minimum Gasteiger partial charge on any atom is -0.271 e. The highest BCUT2D eigenvalue weighted by Gasteiger charge is 1.97. The molecular formula is C9H11N5. The van der Waals surface area contributed by atoms with Gasteiger partial charge in [-0.05, 0) is 17.7 Å². The summed E-state index contributed by atoms with van der Waals surface area (Å²) in [6.07, 6.45) is 5.34. The number of nitrogens with zero attached hydrogens (tertiary/aromatic N) is 3. The maximum absolute atomic E-state index is 5.20. The van der Waals surface area contributed by atoms with Gasteiger partial charge in [0.2, 0.25) is 0 Å². The lowest BCUT2D eigenvalue weighted by atomic mass is 10.3. The van der Waals surface area contributed by atoms with Gasteiger partial charge >= 0.3 is 0 Å². The summed E-state index contributed by atoms with van der Waals surface area (Å²) in [6.45, 7) is 0.617. The van der Waals surface area contributed by atoms with Gasteiger partial charge in [-0.2, -0.15) is 5.10 Å². The third kappa shape index (κ3) is 1.78. The first kappa shape index (κ1) is 8.86. The Labute approximate surface area is 81.5 Å². The van der Waals surface area contributed by atoms with Crippen molar-refractivity contribution in [2.24, 2.45) is 5.84 Å². The minimum absolute atomic E-state index is 0.617. The van der Waals surface area contributed by atoms with Crippen LogP contribution in [0, 0.1) is 0 Å². The molecule has 3 N–H and O–H groups in total. The zero-order valence-electron chi connectivity index (χ0n) is 7.59. The molecule has 0 bridgehead atoms. The van der Waals surface area contributed by atoms with E-state index >= 15 is 0 Å². The SMILES string of the molecule is NNCc1ccc(-n2cccn2)nc1. The van der Waals surface area contributed by atoms with Gasteiger partial charge in [-0.15, -0.1) is 0 Å². The minimum atomic E-state index is 0.617. The maximum atomic E-state index is 5.20. The van der Waals surface area contributed by atoms with Crippen molar-refractivity contribution in [2.75, 3.05) is 0 Å². The summed E-state index contributed by atoms with van der Waals surface area (Å²) < 4.78 is 1.71. The molecule has 0 aliphatic carbocycles. The third-order valence-corrected chi connectivity index (χ3v) is 1.85. The van der Waals surface area contributed by atoms with Crippen LogP contribution in [0.2, 0.25) is 0 Å². The Morgan fingerprint density at radius 2 is 2.36 bits per heavy atom. The van der Waals surface area contributed by atoms with Gasteiger partial charge in [0, 0.05) is 25.1 Å². The van der Waals surface area contributed by atoms with Crippen LogP contribution in [-0.4, -0.2) is 14.8 Å². The van der Waals surface area contributed by atoms with Gasteiger partial charge in [0.25, 0.3) is 0 Å². The molecule has 0 amide bonds. The van der Waals surface area contributed by atoms with E-state index in [1.165, 1.54) is 0 Å². The van der Waals surface area contributed by atoms with E-state index in [4.69, 9.17) is 5.84 Å². The molecule has 0 radical (unpaired) electrons. The Morgan fingerprint density at radius 3 is 2.93 bits per heavy atom. The summed E-state index contributed by atoms with van der Waals surface area (Å²) in [5, 5.41) is 4.08. The fourth-order valence-electron chi connectivity index (χ4n) is 1.18. The number of hydrazine groups is 1. The summed E-state index contributed by atoms with van der Waals surface area (Å²) in [5.74, 6) is 6.00. The number of rotatable bonds is 3. The molecule has 5 heteroatoms. The van der Waals surface area contributed by atoms with Crippen LogP contribution in [0.5, 0.6) is 0 Å². The largest absolute Gasteiger partial charge is 0.271 e. The van der Waals surface area contributed by atoms with Crippen LogP contribution in [0.3, 0.4) is 0 Å². The summed E-state index contributed by atoms with van der Waals surface area (Å²) in [6, 6.07) is 5.72. The van der Waals surface area contributed by atoms with E-state index in [1.54, 1.807) is 17.1 Å². The summed E-state index contributed by atoms with van der Waals surface area (Å²) >= 11 is 0. The first-order valence-electron chi connectivity index (χ1n) is 4.28. The molecule has 0 atom stereocenters. The molecule has 0 fully saturated rings. The summed E-state index contributed by atoms with van der Waals surface area (Å²) in [5.41, 5.74) is 3.62. The Hall–Kier alpha value is -1.72. The van der Waals surface area contributed by atoms with Crippen molar-refractivity contribution in [3.63, 3.8) is 0 Å². The third-order valence-electron chi connectivity index (χ3n) is 1.85. The zero-order valence-corrected chi connectivity index (χ0v) is 7.59. The second-order valence-corrected chi connectivity index (χ2v) is 2.86. The van der Waals surface area contributed by atoms with E-state index in [1.807, 2.05) is 24.4 Å². The number of hydrogen-bond donors (Lipinski definition) is 2. The number of hydrogen-bond acceptors (Lipinski definition) is 4. The van der Waals surface area contributed by atoms with Gasteiger partial charge in [0.1, 0.15) is 0 Å². The van der Waals surface area contributed by atoms with Crippen LogP contribution >= 0.6 is 0 Å². The predicted molar refractivity (Wildman–Crippen MR) is 52.4 cm³/mol. The van der Waals surface area contributed by atoms with Crippen LogP contribution in [-0.2, 0) is 6.54 Å². The molecule has 0 saturated heterocycles. The number of aromatic nitrogens is 3. The van der Waals surface area contributed by atoms with E-state index in [2.05, 4.69) is 15.5 Å². The molecule has 0 aliphatic rings. The molecule has 0 saturated carbocycles. The first-order chi connectivity index (χ1) is 6.90. The highest BCUT2D eigenvalue weighted by atomic mass is 15.3. The van der Waals surface area contributed by atoms with Crippen molar-refractivity contribution < 1.29 is 0 Å². The van der Waals surface area contributed by atoms with Gasteiger partial charge < -0.3 is 0 Å². The average molecular weight is 189 g/mol. The zero-order chi connectivity index (χ0) is 9.80. The van der Waals surface area contributed by atoms with Crippen LogP contribution < -0.4 is 11.3 Å². The number of nitrogens with two attached hydrogens (primary N) is 1. The van der Waals surface area contributed by atoms with Gasteiger partial charge in [0.05, 0.1) is 0 Å². The molecule has 2 aromatic heterocycles. The van der Waals surface area contributed by atoms with Crippen molar-refractivity contribution in [1.29, 1.82) is 0 Å². The molecule has 2 heterocycles. The molecule has 0 unspecified atom stereocenters. The number of pyridine rings is 1. The van der Waals surface area contributed by atoms with Gasteiger partial charge in [0.15, 0.2) is 5.82 Å². The predicted octanol–water partition coefficient (Wildman–Crippen LogP) is 0.231. The van der Waals surface area contributed by atoms with Gasteiger partial charge in [-0.25, -0.2) is 9.67 Å². The van der Waals surface area contributed by atoms with Crippen LogP contribution in [0.1, 0.15) is 5.56 Å². The maximum Gasteiger partial charge on any atom is 0.153 e. The smallest absolute Gasteiger partial charge is 0.153 e. The summed E-state index contributed by atoms with van der Waals surface area (Å²) in [4.78, 5) is 4.24. The first-order valence-corrected chi connectivity index (χ1v) is 4.28. The van der Waals surface area contributed by atoms with Crippen LogP contribution in [0.25, 0.3) is 5.82 Å². The van der Waals surface area contributed by atoms with E-state index in [0.717, 1.165) is 11.4 Å². The second-order valence-electron chi connectivity index (χ2n) is 2.86. The Balaban J connectivity index is 2.22. The van der Waals surface area contributed by atoms with Crippen molar-refractivity contribution in [1.82, 2.24) is 20.2 Å². The topological polar surface area (TPSA) is 68.8 Å². The van der Waals surface area contributed by atoms with E-state index < -0.39 is 0 Å². The van der Waals surface area contributed by atoms with E-state index in [-0.39, 0.29) is 0 Å². The molecule has 2 aromatic rings. The normalized spacial score (nSPS) is 10.4. The Kier molecular flexibility index (Phi) is 2.53. The Bertz CT molecular complexity index is 378. The highest BCUT2D eigenvalue weighted by Crippen LogP contribution is 2.03. The molecule has 5 nitrogen and oxygen atoms in total. The molecule has 0 aromatic carbocycles. The lowest BCUT2D eigenvalue weighted by Gasteiger charge is -2.02. The van der Waals surface area contributed by atoms with Gasteiger partial charge in [-0.3, -0.25) is 11.3 Å². The molecule has 0 aliphatic heterocycles. The van der Waals surface area contributed by atoms with Gasteiger partial charge in [-0.1, -0.05) is 6.07 Å². The lowest BCUT2D eigenvalue weighted by Crippen LogP contribution is -2.20. The fourth-order valence-corrected chi connectivity index (χ4v) is 1.18. The molecule has 2 rings (SSSR count). The van der Waals surface area contributed by atoms with Crippen molar-refractivity contribution in [3.05, 3.63) is 42.4 Å². The van der Waals surface area contributed by atoms with Crippen molar-refractivity contribution in [3.8, 4) is 5.82 Å². The molecule has 14 heavy (non-hydrogen) atoms. The molecule has 0 spiro atoms. The standard InChI is InChI=1S/C9H11N5/c10-12-7-8-2-3-9(11-6-8)14-5-1-4-13-14/h1-6,12H,7,10H2. The summed E-state index contributed by atoms with van der Waals surface area (Å²) in [7, 11) is 0. The van der Waals surface area contributed by atoms with Crippen molar-refractivity contribution in [2.45, 2.75) is 6.54 Å². The molecule has 72 valence electrons. The van der Waals surface area contributed by atoms with Crippen LogP contribution in [0.4, 0.5) is 0 Å².